The number of hydrogen-bond acceptors (Lipinski definition) is 5. The first-order valence-corrected chi connectivity index (χ1v) is 8.64. The number of rotatable bonds is 6. The smallest absolute Gasteiger partial charge is 0.411 e. The number of carbonyl (C=O) groups is 1. The van der Waals surface area contributed by atoms with Gasteiger partial charge >= 0.3 is 6.09 Å². The molecule has 1 saturated heterocycles. The number of ether oxygens (including phenoxy) is 2. The minimum Gasteiger partial charge on any atom is -0.450 e. The monoisotopic (exact) mass is 328 g/mol. The van der Waals surface area contributed by atoms with Crippen molar-refractivity contribution in [2.75, 3.05) is 25.1 Å². The summed E-state index contributed by atoms with van der Waals surface area (Å²) in [5.41, 5.74) is 0.469. The van der Waals surface area contributed by atoms with E-state index in [-0.39, 0.29) is 24.2 Å². The highest BCUT2D eigenvalue weighted by Crippen LogP contribution is 2.16. The number of hydrogen-bond donors (Lipinski definition) is 2. The summed E-state index contributed by atoms with van der Waals surface area (Å²) in [4.78, 5) is 11.4. The lowest BCUT2D eigenvalue weighted by Gasteiger charge is -2.12. The molecular formula is C14H20N2O5S. The summed E-state index contributed by atoms with van der Waals surface area (Å²) in [6.07, 6.45) is 1.19. The van der Waals surface area contributed by atoms with Crippen LogP contribution in [0.5, 0.6) is 0 Å². The molecule has 1 atom stereocenters. The molecule has 1 unspecified atom stereocenters. The molecule has 0 radical (unpaired) electrons. The van der Waals surface area contributed by atoms with Crippen LogP contribution in [0.4, 0.5) is 10.5 Å². The Morgan fingerprint density at radius 2 is 2.09 bits per heavy atom. The molecule has 122 valence electrons. The maximum atomic E-state index is 12.1. The number of carbonyl (C=O) groups excluding carboxylic acids is 1. The third-order valence-electron chi connectivity index (χ3n) is 3.21. The largest absolute Gasteiger partial charge is 0.450 e. The van der Waals surface area contributed by atoms with Crippen molar-refractivity contribution < 1.29 is 22.7 Å². The molecule has 1 aromatic rings. The average Bonchev–Trinajstić information content (AvgIpc) is 2.99. The summed E-state index contributed by atoms with van der Waals surface area (Å²) in [5, 5.41) is 2.50. The Morgan fingerprint density at radius 1 is 1.36 bits per heavy atom. The third kappa shape index (κ3) is 4.69. The van der Waals surface area contributed by atoms with Crippen LogP contribution in [0.25, 0.3) is 0 Å². The molecule has 1 aliphatic heterocycles. The summed E-state index contributed by atoms with van der Waals surface area (Å²) in [6.45, 7) is 2.92. The first-order valence-electron chi connectivity index (χ1n) is 7.16. The second-order valence-electron chi connectivity index (χ2n) is 4.86. The van der Waals surface area contributed by atoms with Crippen LogP contribution in [-0.4, -0.2) is 40.4 Å². The van der Waals surface area contributed by atoms with Crippen LogP contribution in [0.3, 0.4) is 0 Å². The standard InChI is InChI=1S/C14H20N2O5S/c1-2-20-14(17)16-11-5-7-13(8-6-11)22(18,19)15-10-12-4-3-9-21-12/h5-8,12,15H,2-4,9-10H2,1H3,(H,16,17). The van der Waals surface area contributed by atoms with Crippen LogP contribution in [0, 0.1) is 0 Å². The van der Waals surface area contributed by atoms with Crippen molar-refractivity contribution >= 4 is 21.8 Å². The Morgan fingerprint density at radius 3 is 2.68 bits per heavy atom. The molecule has 7 nitrogen and oxygen atoms in total. The van der Waals surface area contributed by atoms with Gasteiger partial charge < -0.3 is 9.47 Å². The van der Waals surface area contributed by atoms with Gasteiger partial charge in [-0.2, -0.15) is 0 Å². The minimum absolute atomic E-state index is 0.0560. The summed E-state index contributed by atoms with van der Waals surface area (Å²) in [5.74, 6) is 0. The fourth-order valence-electron chi connectivity index (χ4n) is 2.09. The molecule has 1 heterocycles. The predicted molar refractivity (Wildman–Crippen MR) is 81.2 cm³/mol. The molecular weight excluding hydrogens is 308 g/mol. The van der Waals surface area contributed by atoms with Gasteiger partial charge in [0.25, 0.3) is 0 Å². The van der Waals surface area contributed by atoms with Crippen LogP contribution >= 0.6 is 0 Å². The fourth-order valence-corrected chi connectivity index (χ4v) is 3.16. The van der Waals surface area contributed by atoms with E-state index < -0.39 is 16.1 Å². The highest BCUT2D eigenvalue weighted by atomic mass is 32.2. The van der Waals surface area contributed by atoms with Gasteiger partial charge in [0.1, 0.15) is 0 Å². The van der Waals surface area contributed by atoms with Crippen molar-refractivity contribution in [3.8, 4) is 0 Å². The maximum Gasteiger partial charge on any atom is 0.411 e. The molecule has 1 aliphatic rings. The lowest BCUT2D eigenvalue weighted by molar-refractivity contribution is 0.114. The molecule has 2 N–H and O–H groups in total. The van der Waals surface area contributed by atoms with Gasteiger partial charge in [0.05, 0.1) is 17.6 Å². The lowest BCUT2D eigenvalue weighted by atomic mass is 10.2. The van der Waals surface area contributed by atoms with E-state index in [0.29, 0.717) is 12.3 Å². The van der Waals surface area contributed by atoms with Gasteiger partial charge in [-0.3, -0.25) is 5.32 Å². The number of amides is 1. The minimum atomic E-state index is -3.58. The number of sulfonamides is 1. The number of anilines is 1. The molecule has 1 aromatic carbocycles. The van der Waals surface area contributed by atoms with E-state index in [1.54, 1.807) is 6.92 Å². The Kier molecular flexibility index (Phi) is 5.76. The van der Waals surface area contributed by atoms with Gasteiger partial charge in [-0.05, 0) is 44.0 Å². The Bertz CT molecular complexity index is 594. The average molecular weight is 328 g/mol. The van der Waals surface area contributed by atoms with Crippen LogP contribution in [-0.2, 0) is 19.5 Å². The molecule has 0 saturated carbocycles. The first kappa shape index (κ1) is 16.7. The SMILES string of the molecule is CCOC(=O)Nc1ccc(S(=O)(=O)NCC2CCCO2)cc1. The second kappa shape index (κ2) is 7.57. The Balaban J connectivity index is 1.94. The molecule has 1 fully saturated rings. The Hall–Kier alpha value is -1.64. The van der Waals surface area contributed by atoms with Gasteiger partial charge in [-0.25, -0.2) is 17.9 Å². The second-order valence-corrected chi connectivity index (χ2v) is 6.62. The topological polar surface area (TPSA) is 93.7 Å². The summed E-state index contributed by atoms with van der Waals surface area (Å²) in [6, 6.07) is 5.88. The predicted octanol–water partition coefficient (Wildman–Crippen LogP) is 1.71. The summed E-state index contributed by atoms with van der Waals surface area (Å²) in [7, 11) is -3.58. The van der Waals surface area contributed by atoms with Crippen molar-refractivity contribution in [3.05, 3.63) is 24.3 Å². The molecule has 0 aromatic heterocycles. The van der Waals surface area contributed by atoms with E-state index in [9.17, 15) is 13.2 Å². The zero-order chi connectivity index (χ0) is 16.0. The highest BCUT2D eigenvalue weighted by molar-refractivity contribution is 7.89. The van der Waals surface area contributed by atoms with E-state index in [1.807, 2.05) is 0 Å². The van der Waals surface area contributed by atoms with E-state index in [1.165, 1.54) is 24.3 Å². The molecule has 2 rings (SSSR count). The van der Waals surface area contributed by atoms with Gasteiger partial charge in [0, 0.05) is 18.8 Å². The molecule has 0 aliphatic carbocycles. The van der Waals surface area contributed by atoms with Crippen molar-refractivity contribution in [2.24, 2.45) is 0 Å². The zero-order valence-electron chi connectivity index (χ0n) is 12.4. The van der Waals surface area contributed by atoms with E-state index in [2.05, 4.69) is 10.0 Å². The third-order valence-corrected chi connectivity index (χ3v) is 4.65. The molecule has 0 bridgehead atoms. The van der Waals surface area contributed by atoms with Crippen LogP contribution < -0.4 is 10.0 Å². The summed E-state index contributed by atoms with van der Waals surface area (Å²) < 4.78 is 37.0. The van der Waals surface area contributed by atoms with Gasteiger partial charge in [-0.15, -0.1) is 0 Å². The lowest BCUT2D eigenvalue weighted by Crippen LogP contribution is -2.31. The molecule has 1 amide bonds. The van der Waals surface area contributed by atoms with Crippen LogP contribution in [0.15, 0.2) is 29.2 Å². The Labute approximate surface area is 130 Å². The number of benzene rings is 1. The van der Waals surface area contributed by atoms with Crippen molar-refractivity contribution in [1.82, 2.24) is 4.72 Å². The van der Waals surface area contributed by atoms with E-state index in [0.717, 1.165) is 12.8 Å². The van der Waals surface area contributed by atoms with Gasteiger partial charge in [-0.1, -0.05) is 0 Å². The van der Waals surface area contributed by atoms with Gasteiger partial charge in [0.2, 0.25) is 10.0 Å². The molecule has 8 heteroatoms. The van der Waals surface area contributed by atoms with E-state index in [4.69, 9.17) is 9.47 Å². The molecule has 22 heavy (non-hydrogen) atoms. The fraction of sp³-hybridized carbons (Fsp3) is 0.500. The van der Waals surface area contributed by atoms with Crippen molar-refractivity contribution in [3.63, 3.8) is 0 Å². The highest BCUT2D eigenvalue weighted by Gasteiger charge is 2.20. The zero-order valence-corrected chi connectivity index (χ0v) is 13.2. The van der Waals surface area contributed by atoms with Gasteiger partial charge in [0.15, 0.2) is 0 Å². The number of nitrogens with one attached hydrogen (secondary N) is 2. The first-order chi connectivity index (χ1) is 10.5. The van der Waals surface area contributed by atoms with Crippen molar-refractivity contribution in [1.29, 1.82) is 0 Å². The van der Waals surface area contributed by atoms with E-state index >= 15 is 0 Å². The van der Waals surface area contributed by atoms with Crippen molar-refractivity contribution in [2.45, 2.75) is 30.8 Å². The summed E-state index contributed by atoms with van der Waals surface area (Å²) >= 11 is 0. The maximum absolute atomic E-state index is 12.1. The molecule has 0 spiro atoms. The van der Waals surface area contributed by atoms with Crippen LogP contribution in [0.2, 0.25) is 0 Å². The quantitative estimate of drug-likeness (QED) is 0.829. The normalized spacial score (nSPS) is 18.1. The van der Waals surface area contributed by atoms with Crippen LogP contribution in [0.1, 0.15) is 19.8 Å².